The van der Waals surface area contributed by atoms with Gasteiger partial charge in [0.1, 0.15) is 11.3 Å². The predicted molar refractivity (Wildman–Crippen MR) is 104 cm³/mol. The Morgan fingerprint density at radius 1 is 1.10 bits per heavy atom. The monoisotopic (exact) mass is 397 g/mol. The van der Waals surface area contributed by atoms with Crippen molar-refractivity contribution < 1.29 is 23.5 Å². The van der Waals surface area contributed by atoms with E-state index < -0.39 is 11.6 Å². The molecule has 1 saturated heterocycles. The van der Waals surface area contributed by atoms with Crippen molar-refractivity contribution in [2.24, 2.45) is 11.8 Å². The lowest BCUT2D eigenvalue weighted by Gasteiger charge is -2.19. The van der Waals surface area contributed by atoms with Gasteiger partial charge in [0.15, 0.2) is 0 Å². The lowest BCUT2D eigenvalue weighted by atomic mass is 9.81. The van der Waals surface area contributed by atoms with Crippen molar-refractivity contribution in [2.75, 3.05) is 6.54 Å². The van der Waals surface area contributed by atoms with Gasteiger partial charge in [-0.3, -0.25) is 19.3 Å². The summed E-state index contributed by atoms with van der Waals surface area (Å²) in [5, 5.41) is 0.794. The van der Waals surface area contributed by atoms with Gasteiger partial charge in [-0.25, -0.2) is 4.79 Å². The van der Waals surface area contributed by atoms with Gasteiger partial charge in [-0.2, -0.15) is 0 Å². The molecular formula is C22H23NO6. The van der Waals surface area contributed by atoms with Gasteiger partial charge in [0, 0.05) is 24.1 Å². The molecule has 2 amide bonds. The Morgan fingerprint density at radius 3 is 2.45 bits per heavy atom. The number of fused-ring (bicyclic) bond motifs is 2. The van der Waals surface area contributed by atoms with Crippen LogP contribution in [0, 0.1) is 11.8 Å². The highest BCUT2D eigenvalue weighted by Crippen LogP contribution is 2.38. The molecule has 0 radical (unpaired) electrons. The molecule has 4 rings (SSSR count). The molecule has 0 unspecified atom stereocenters. The number of imide groups is 1. The summed E-state index contributed by atoms with van der Waals surface area (Å²) in [5.74, 6) is -1.05. The van der Waals surface area contributed by atoms with Crippen molar-refractivity contribution in [1.29, 1.82) is 0 Å². The Balaban J connectivity index is 1.42. The van der Waals surface area contributed by atoms with E-state index in [1.165, 1.54) is 17.0 Å². The summed E-state index contributed by atoms with van der Waals surface area (Å²) in [4.78, 5) is 50.1. The summed E-state index contributed by atoms with van der Waals surface area (Å²) in [6.07, 6.45) is 4.04. The molecule has 2 aromatic rings. The van der Waals surface area contributed by atoms with Crippen molar-refractivity contribution in [3.63, 3.8) is 0 Å². The minimum atomic E-state index is -0.547. The van der Waals surface area contributed by atoms with Gasteiger partial charge >= 0.3 is 11.6 Å². The number of amides is 2. The number of nitrogens with zero attached hydrogens (tertiary/aromatic N) is 1. The zero-order valence-electron chi connectivity index (χ0n) is 16.3. The van der Waals surface area contributed by atoms with Crippen LogP contribution in [0.1, 0.15) is 44.6 Å². The molecule has 1 aromatic carbocycles. The Kier molecular flexibility index (Phi) is 5.22. The van der Waals surface area contributed by atoms with Crippen molar-refractivity contribution in [3.05, 3.63) is 40.2 Å². The summed E-state index contributed by atoms with van der Waals surface area (Å²) < 4.78 is 10.5. The van der Waals surface area contributed by atoms with Crippen LogP contribution in [0.15, 0.2) is 33.5 Å². The average Bonchev–Trinajstić information content (AvgIpc) is 2.96. The molecule has 2 atom stereocenters. The van der Waals surface area contributed by atoms with Crippen LogP contribution in [0.3, 0.4) is 0 Å². The first-order chi connectivity index (χ1) is 14.0. The second-order valence-electron chi connectivity index (χ2n) is 7.65. The topological polar surface area (TPSA) is 93.9 Å². The minimum Gasteiger partial charge on any atom is -0.426 e. The second kappa shape index (κ2) is 7.81. The maximum Gasteiger partial charge on any atom is 0.336 e. The molecule has 1 aromatic heterocycles. The molecule has 1 aliphatic carbocycles. The molecule has 0 bridgehead atoms. The highest BCUT2D eigenvalue weighted by Gasteiger charge is 2.47. The van der Waals surface area contributed by atoms with Crippen LogP contribution >= 0.6 is 0 Å². The highest BCUT2D eigenvalue weighted by atomic mass is 16.5. The van der Waals surface area contributed by atoms with E-state index >= 15 is 0 Å². The fourth-order valence-corrected chi connectivity index (χ4v) is 4.40. The zero-order chi connectivity index (χ0) is 20.5. The van der Waals surface area contributed by atoms with Crippen molar-refractivity contribution >= 4 is 28.8 Å². The van der Waals surface area contributed by atoms with Crippen molar-refractivity contribution in [2.45, 2.75) is 45.4 Å². The number of ether oxygens (including phenoxy) is 1. The molecule has 0 N–H and O–H groups in total. The standard InChI is InChI=1S/C22H23NO6/c1-2-13-11-20(25)29-18-12-14(7-8-15(13)18)28-19(24)9-10-23-21(26)16-5-3-4-6-17(16)22(23)27/h7-8,11-12,16-17H,2-6,9-10H2,1H3/t16-,17-/m1/s1. The third-order valence-corrected chi connectivity index (χ3v) is 5.89. The van der Waals surface area contributed by atoms with E-state index in [9.17, 15) is 19.2 Å². The fraction of sp³-hybridized carbons (Fsp3) is 0.455. The van der Waals surface area contributed by atoms with Gasteiger partial charge in [-0.15, -0.1) is 0 Å². The van der Waals surface area contributed by atoms with E-state index in [4.69, 9.17) is 9.15 Å². The molecule has 0 spiro atoms. The van der Waals surface area contributed by atoms with E-state index in [-0.39, 0.29) is 42.4 Å². The van der Waals surface area contributed by atoms with Crippen LogP contribution in [0.5, 0.6) is 5.75 Å². The minimum absolute atomic E-state index is 0.0339. The summed E-state index contributed by atoms with van der Waals surface area (Å²) in [6, 6.07) is 6.35. The lowest BCUT2D eigenvalue weighted by Crippen LogP contribution is -2.33. The number of hydrogen-bond donors (Lipinski definition) is 0. The fourth-order valence-electron chi connectivity index (χ4n) is 4.40. The molecular weight excluding hydrogens is 374 g/mol. The largest absolute Gasteiger partial charge is 0.426 e. The van der Waals surface area contributed by atoms with E-state index in [0.717, 1.165) is 36.6 Å². The van der Waals surface area contributed by atoms with Crippen molar-refractivity contribution in [3.8, 4) is 5.75 Å². The molecule has 2 heterocycles. The first kappa shape index (κ1) is 19.4. The Morgan fingerprint density at radius 2 is 1.79 bits per heavy atom. The van der Waals surface area contributed by atoms with Gasteiger partial charge < -0.3 is 9.15 Å². The van der Waals surface area contributed by atoms with E-state index in [2.05, 4.69) is 0 Å². The molecule has 1 aliphatic heterocycles. The second-order valence-corrected chi connectivity index (χ2v) is 7.65. The molecule has 2 fully saturated rings. The van der Waals surface area contributed by atoms with Gasteiger partial charge in [0.05, 0.1) is 18.3 Å². The number of hydrogen-bond acceptors (Lipinski definition) is 6. The number of carbonyl (C=O) groups is 3. The summed E-state index contributed by atoms with van der Waals surface area (Å²) >= 11 is 0. The number of aryl methyl sites for hydroxylation is 1. The Bertz CT molecular complexity index is 1020. The zero-order valence-corrected chi connectivity index (χ0v) is 16.3. The maximum absolute atomic E-state index is 12.5. The number of benzene rings is 1. The Labute approximate surface area is 167 Å². The van der Waals surface area contributed by atoms with Crippen LogP contribution in [0.4, 0.5) is 0 Å². The maximum atomic E-state index is 12.5. The van der Waals surface area contributed by atoms with Gasteiger partial charge in [0.2, 0.25) is 11.8 Å². The summed E-state index contributed by atoms with van der Waals surface area (Å²) in [7, 11) is 0. The average molecular weight is 397 g/mol. The molecule has 1 saturated carbocycles. The number of esters is 1. The van der Waals surface area contributed by atoms with Crippen LogP contribution in [-0.2, 0) is 20.8 Å². The van der Waals surface area contributed by atoms with Crippen LogP contribution in [-0.4, -0.2) is 29.2 Å². The third kappa shape index (κ3) is 3.69. The number of rotatable bonds is 5. The summed E-state index contributed by atoms with van der Waals surface area (Å²) in [5.41, 5.74) is 0.764. The highest BCUT2D eigenvalue weighted by molar-refractivity contribution is 6.05. The molecule has 152 valence electrons. The van der Waals surface area contributed by atoms with Gasteiger partial charge in [-0.1, -0.05) is 19.8 Å². The molecule has 29 heavy (non-hydrogen) atoms. The normalized spacial score (nSPS) is 21.5. The first-order valence-corrected chi connectivity index (χ1v) is 10.1. The van der Waals surface area contributed by atoms with Crippen molar-refractivity contribution in [1.82, 2.24) is 4.90 Å². The van der Waals surface area contributed by atoms with E-state index in [1.54, 1.807) is 12.1 Å². The van der Waals surface area contributed by atoms with E-state index in [0.29, 0.717) is 12.0 Å². The Hall–Kier alpha value is -2.96. The third-order valence-electron chi connectivity index (χ3n) is 5.89. The molecule has 7 nitrogen and oxygen atoms in total. The van der Waals surface area contributed by atoms with Crippen LogP contribution < -0.4 is 10.4 Å². The quantitative estimate of drug-likeness (QED) is 0.333. The van der Waals surface area contributed by atoms with Gasteiger partial charge in [-0.05, 0) is 37.0 Å². The smallest absolute Gasteiger partial charge is 0.336 e. The van der Waals surface area contributed by atoms with Crippen LogP contribution in [0.25, 0.3) is 11.0 Å². The molecule has 7 heteroatoms. The summed E-state index contributed by atoms with van der Waals surface area (Å²) in [6.45, 7) is 1.98. The SMILES string of the molecule is CCc1cc(=O)oc2cc(OC(=O)CCN3C(=O)[C@@H]4CCCC[C@H]4C3=O)ccc12. The lowest BCUT2D eigenvalue weighted by molar-refractivity contribution is -0.141. The molecule has 2 aliphatic rings. The predicted octanol–water partition coefficient (Wildman–Crippen LogP) is 2.83. The first-order valence-electron chi connectivity index (χ1n) is 10.1. The van der Waals surface area contributed by atoms with Crippen LogP contribution in [0.2, 0.25) is 0 Å². The van der Waals surface area contributed by atoms with E-state index in [1.807, 2.05) is 6.92 Å². The number of carbonyl (C=O) groups excluding carboxylic acids is 3. The van der Waals surface area contributed by atoms with Gasteiger partial charge in [0.25, 0.3) is 0 Å². The number of likely N-dealkylation sites (tertiary alicyclic amines) is 1.